The second-order valence-corrected chi connectivity index (χ2v) is 5.13. The van der Waals surface area contributed by atoms with E-state index in [4.69, 9.17) is 16.0 Å². The summed E-state index contributed by atoms with van der Waals surface area (Å²) >= 11 is 6.48. The molecule has 0 fully saturated rings. The number of nitrogens with one attached hydrogen (secondary N) is 2. The molecule has 0 aliphatic heterocycles. The van der Waals surface area contributed by atoms with Crippen LogP contribution in [-0.2, 0) is 0 Å². The Morgan fingerprint density at radius 3 is 2.68 bits per heavy atom. The Morgan fingerprint density at radius 2 is 1.86 bits per heavy atom. The van der Waals surface area contributed by atoms with Crippen molar-refractivity contribution in [3.8, 4) is 22.6 Å². The largest absolute Gasteiger partial charge is 0.423 e. The summed E-state index contributed by atoms with van der Waals surface area (Å²) in [4.78, 5) is 16.8. The molecule has 0 unspecified atom stereocenters. The van der Waals surface area contributed by atoms with Crippen LogP contribution in [0.1, 0.15) is 0 Å². The summed E-state index contributed by atoms with van der Waals surface area (Å²) < 4.78 is 5.21. The molecule has 2 heterocycles. The van der Waals surface area contributed by atoms with Crippen molar-refractivity contribution in [3.63, 3.8) is 0 Å². The highest BCUT2D eigenvalue weighted by Crippen LogP contribution is 2.36. The van der Waals surface area contributed by atoms with Gasteiger partial charge in [-0.1, -0.05) is 29.8 Å². The third-order valence-corrected chi connectivity index (χ3v) is 3.82. The van der Waals surface area contributed by atoms with Gasteiger partial charge < -0.3 is 14.4 Å². The lowest BCUT2D eigenvalue weighted by Gasteiger charge is -2.07. The Morgan fingerprint density at radius 1 is 1.05 bits per heavy atom. The van der Waals surface area contributed by atoms with Crippen molar-refractivity contribution in [3.05, 3.63) is 58.3 Å². The standard InChI is InChI=1S/C15H9ClN4O2/c16-13-9(2-1-3-10(13)14-20-17-7-22-14)8-4-5-11-12(6-8)19-15(21)18-11/h1-7H,(H2,18,19,21). The van der Waals surface area contributed by atoms with Crippen LogP contribution in [0.15, 0.2) is 52.0 Å². The van der Waals surface area contributed by atoms with E-state index in [-0.39, 0.29) is 5.69 Å². The van der Waals surface area contributed by atoms with E-state index < -0.39 is 0 Å². The first-order valence-corrected chi connectivity index (χ1v) is 6.87. The first-order chi connectivity index (χ1) is 10.7. The Bertz CT molecular complexity index is 1020. The number of nitrogens with zero attached hydrogens (tertiary/aromatic N) is 2. The number of imidazole rings is 1. The molecule has 7 heteroatoms. The van der Waals surface area contributed by atoms with Crippen molar-refractivity contribution in [2.45, 2.75) is 0 Å². The Kier molecular flexibility index (Phi) is 2.83. The van der Waals surface area contributed by atoms with Gasteiger partial charge in [-0.2, -0.15) is 0 Å². The van der Waals surface area contributed by atoms with Gasteiger partial charge in [0.2, 0.25) is 12.3 Å². The van der Waals surface area contributed by atoms with Crippen LogP contribution in [0.4, 0.5) is 0 Å². The number of aromatic nitrogens is 4. The van der Waals surface area contributed by atoms with Crippen LogP contribution in [0, 0.1) is 0 Å². The highest BCUT2D eigenvalue weighted by molar-refractivity contribution is 6.36. The second kappa shape index (κ2) is 4.85. The minimum Gasteiger partial charge on any atom is -0.423 e. The summed E-state index contributed by atoms with van der Waals surface area (Å²) in [6.45, 7) is 0. The van der Waals surface area contributed by atoms with Gasteiger partial charge in [0.25, 0.3) is 0 Å². The summed E-state index contributed by atoms with van der Waals surface area (Å²) in [6, 6.07) is 11.2. The lowest BCUT2D eigenvalue weighted by Crippen LogP contribution is -1.99. The fourth-order valence-electron chi connectivity index (χ4n) is 2.41. The molecule has 0 bridgehead atoms. The molecule has 2 N–H and O–H groups in total. The first kappa shape index (κ1) is 12.8. The first-order valence-electron chi connectivity index (χ1n) is 6.50. The minimum atomic E-state index is -0.238. The third-order valence-electron chi connectivity index (χ3n) is 3.42. The number of aromatic amines is 2. The van der Waals surface area contributed by atoms with Crippen LogP contribution in [0.25, 0.3) is 33.6 Å². The predicted octanol–water partition coefficient (Wildman–Crippen LogP) is 3.23. The topological polar surface area (TPSA) is 87.6 Å². The summed E-state index contributed by atoms with van der Waals surface area (Å²) in [5, 5.41) is 8.07. The molecule has 22 heavy (non-hydrogen) atoms. The zero-order valence-corrected chi connectivity index (χ0v) is 11.9. The summed E-state index contributed by atoms with van der Waals surface area (Å²) in [7, 11) is 0. The monoisotopic (exact) mass is 312 g/mol. The molecule has 0 saturated carbocycles. The molecule has 108 valence electrons. The number of hydrogen-bond acceptors (Lipinski definition) is 4. The van der Waals surface area contributed by atoms with Crippen molar-refractivity contribution in [2.75, 3.05) is 0 Å². The average molecular weight is 313 g/mol. The number of fused-ring (bicyclic) bond motifs is 1. The minimum absolute atomic E-state index is 0.238. The number of benzene rings is 2. The van der Waals surface area contributed by atoms with Crippen LogP contribution >= 0.6 is 11.6 Å². The molecule has 0 aliphatic rings. The molecule has 2 aromatic carbocycles. The van der Waals surface area contributed by atoms with Gasteiger partial charge in [0.1, 0.15) is 0 Å². The van der Waals surface area contributed by atoms with E-state index in [1.165, 1.54) is 6.39 Å². The van der Waals surface area contributed by atoms with Crippen molar-refractivity contribution in [1.82, 2.24) is 20.2 Å². The average Bonchev–Trinajstić information content (AvgIpc) is 3.15. The molecule has 0 spiro atoms. The van der Waals surface area contributed by atoms with Gasteiger partial charge >= 0.3 is 5.69 Å². The lowest BCUT2D eigenvalue weighted by atomic mass is 10.0. The van der Waals surface area contributed by atoms with E-state index in [1.54, 1.807) is 0 Å². The fraction of sp³-hybridized carbons (Fsp3) is 0. The van der Waals surface area contributed by atoms with E-state index in [0.29, 0.717) is 16.5 Å². The highest BCUT2D eigenvalue weighted by Gasteiger charge is 2.13. The van der Waals surface area contributed by atoms with Crippen LogP contribution in [0.3, 0.4) is 0 Å². The Labute approximate surface area is 128 Å². The van der Waals surface area contributed by atoms with Crippen molar-refractivity contribution >= 4 is 22.6 Å². The normalized spacial score (nSPS) is 11.1. The zero-order valence-electron chi connectivity index (χ0n) is 11.1. The maximum atomic E-state index is 11.3. The van der Waals surface area contributed by atoms with Crippen LogP contribution in [-0.4, -0.2) is 20.2 Å². The molecule has 0 saturated heterocycles. The van der Waals surface area contributed by atoms with E-state index in [9.17, 15) is 4.79 Å². The lowest BCUT2D eigenvalue weighted by molar-refractivity contribution is 0.568. The van der Waals surface area contributed by atoms with Gasteiger partial charge in [-0.05, 0) is 23.8 Å². The number of rotatable bonds is 2. The number of H-pyrrole nitrogens is 2. The van der Waals surface area contributed by atoms with Gasteiger partial charge in [-0.15, -0.1) is 10.2 Å². The van der Waals surface area contributed by atoms with Crippen LogP contribution in [0.5, 0.6) is 0 Å². The number of halogens is 1. The highest BCUT2D eigenvalue weighted by atomic mass is 35.5. The Hall–Kier alpha value is -2.86. The van der Waals surface area contributed by atoms with Crippen LogP contribution in [0.2, 0.25) is 5.02 Å². The SMILES string of the molecule is O=c1[nH]c2ccc(-c3cccc(-c4nnco4)c3Cl)cc2[nH]1. The number of hydrogen-bond donors (Lipinski definition) is 2. The third kappa shape index (κ3) is 2.01. The maximum Gasteiger partial charge on any atom is 0.323 e. The zero-order chi connectivity index (χ0) is 15.1. The summed E-state index contributed by atoms with van der Waals surface area (Å²) in [6.07, 6.45) is 1.26. The molecule has 0 radical (unpaired) electrons. The molecule has 4 aromatic rings. The fourth-order valence-corrected chi connectivity index (χ4v) is 2.73. The van der Waals surface area contributed by atoms with Crippen molar-refractivity contribution in [2.24, 2.45) is 0 Å². The van der Waals surface area contributed by atoms with Gasteiger partial charge in [-0.25, -0.2) is 4.79 Å². The molecular weight excluding hydrogens is 304 g/mol. The molecule has 6 nitrogen and oxygen atoms in total. The van der Waals surface area contributed by atoms with Crippen molar-refractivity contribution in [1.29, 1.82) is 0 Å². The summed E-state index contributed by atoms with van der Waals surface area (Å²) in [5.41, 5.74) is 3.60. The smallest absolute Gasteiger partial charge is 0.323 e. The quantitative estimate of drug-likeness (QED) is 0.595. The molecule has 4 rings (SSSR count). The molecule has 0 aliphatic carbocycles. The Balaban J connectivity index is 1.91. The van der Waals surface area contributed by atoms with E-state index in [0.717, 1.165) is 22.2 Å². The van der Waals surface area contributed by atoms with Crippen LogP contribution < -0.4 is 5.69 Å². The van der Waals surface area contributed by atoms with Crippen molar-refractivity contribution < 1.29 is 4.42 Å². The van der Waals surface area contributed by atoms with Gasteiger partial charge in [0.05, 0.1) is 21.6 Å². The van der Waals surface area contributed by atoms with E-state index >= 15 is 0 Å². The maximum absolute atomic E-state index is 11.3. The molecular formula is C15H9ClN4O2. The van der Waals surface area contributed by atoms with Gasteiger partial charge in [-0.3, -0.25) is 0 Å². The van der Waals surface area contributed by atoms with Gasteiger partial charge in [0.15, 0.2) is 0 Å². The second-order valence-electron chi connectivity index (χ2n) is 4.75. The molecule has 0 atom stereocenters. The predicted molar refractivity (Wildman–Crippen MR) is 82.7 cm³/mol. The van der Waals surface area contributed by atoms with E-state index in [1.807, 2.05) is 36.4 Å². The van der Waals surface area contributed by atoms with Gasteiger partial charge in [0, 0.05) is 5.56 Å². The molecule has 0 amide bonds. The van der Waals surface area contributed by atoms with E-state index in [2.05, 4.69) is 20.2 Å². The molecule has 2 aromatic heterocycles. The summed E-state index contributed by atoms with van der Waals surface area (Å²) in [5.74, 6) is 0.364.